The van der Waals surface area contributed by atoms with Crippen LogP contribution in [0.5, 0.6) is 0 Å². The van der Waals surface area contributed by atoms with Crippen molar-refractivity contribution in [1.82, 2.24) is 5.32 Å². The second kappa shape index (κ2) is 2.68. The number of nitrogens with one attached hydrogen (secondary N) is 1. The van der Waals surface area contributed by atoms with Gasteiger partial charge in [0.05, 0.1) is 12.1 Å². The van der Waals surface area contributed by atoms with Gasteiger partial charge in [-0.25, -0.2) is 4.39 Å². The van der Waals surface area contributed by atoms with E-state index >= 15 is 0 Å². The van der Waals surface area contributed by atoms with Crippen LogP contribution in [-0.4, -0.2) is 12.3 Å². The minimum Gasteiger partial charge on any atom is -0.306 e. The monoisotopic (exact) mass is 165 g/mol. The molecule has 0 atom stereocenters. The molecule has 1 aromatic rings. The van der Waals surface area contributed by atoms with E-state index in [0.717, 1.165) is 5.56 Å². The Labute approximate surface area is 69.4 Å². The van der Waals surface area contributed by atoms with Crippen molar-refractivity contribution < 1.29 is 9.18 Å². The molecule has 62 valence electrons. The highest BCUT2D eigenvalue weighted by Crippen LogP contribution is 2.16. The van der Waals surface area contributed by atoms with Crippen molar-refractivity contribution in [1.29, 1.82) is 0 Å². The Bertz CT molecular complexity index is 335. The van der Waals surface area contributed by atoms with E-state index in [1.165, 1.54) is 6.07 Å². The Morgan fingerprint density at radius 2 is 2.17 bits per heavy atom. The van der Waals surface area contributed by atoms with Gasteiger partial charge in [-0.3, -0.25) is 4.79 Å². The summed E-state index contributed by atoms with van der Waals surface area (Å²) < 4.78 is 13.1. The van der Waals surface area contributed by atoms with E-state index in [2.05, 4.69) is 5.32 Å². The third kappa shape index (κ3) is 1.02. The number of rotatable bonds is 0. The zero-order valence-corrected chi connectivity index (χ0v) is 6.43. The van der Waals surface area contributed by atoms with Gasteiger partial charge in [0.1, 0.15) is 5.82 Å². The van der Waals surface area contributed by atoms with Gasteiger partial charge in [-0.05, 0) is 11.6 Å². The molecule has 0 spiro atoms. The standard InChI is InChI=1S/C9H8FNO/c10-7-3-1-2-6-4-11-5-8(12)9(6)7/h1-3,11H,4-5H2. The lowest BCUT2D eigenvalue weighted by Gasteiger charge is -2.15. The Morgan fingerprint density at radius 3 is 2.92 bits per heavy atom. The predicted octanol–water partition coefficient (Wildman–Crippen LogP) is 1.11. The molecule has 3 heteroatoms. The molecule has 0 saturated carbocycles. The summed E-state index contributed by atoms with van der Waals surface area (Å²) >= 11 is 0. The van der Waals surface area contributed by atoms with Crippen LogP contribution in [0.1, 0.15) is 15.9 Å². The van der Waals surface area contributed by atoms with Crippen LogP contribution in [0.4, 0.5) is 4.39 Å². The molecular formula is C9H8FNO. The highest BCUT2D eigenvalue weighted by molar-refractivity contribution is 6.00. The largest absolute Gasteiger partial charge is 0.306 e. The van der Waals surface area contributed by atoms with Gasteiger partial charge in [0.2, 0.25) is 0 Å². The van der Waals surface area contributed by atoms with Crippen molar-refractivity contribution in [3.8, 4) is 0 Å². The number of ketones is 1. The lowest BCUT2D eigenvalue weighted by Crippen LogP contribution is -2.30. The second-order valence-electron chi connectivity index (χ2n) is 2.80. The highest BCUT2D eigenvalue weighted by Gasteiger charge is 2.19. The maximum absolute atomic E-state index is 13.1. The molecule has 0 bridgehead atoms. The first kappa shape index (κ1) is 7.43. The molecule has 0 saturated heterocycles. The van der Waals surface area contributed by atoms with Gasteiger partial charge in [-0.1, -0.05) is 12.1 Å². The predicted molar refractivity (Wildman–Crippen MR) is 42.4 cm³/mol. The fourth-order valence-electron chi connectivity index (χ4n) is 1.43. The second-order valence-corrected chi connectivity index (χ2v) is 2.80. The number of halogens is 1. The van der Waals surface area contributed by atoms with E-state index in [-0.39, 0.29) is 17.9 Å². The summed E-state index contributed by atoms with van der Waals surface area (Å²) in [4.78, 5) is 11.2. The number of benzene rings is 1. The maximum atomic E-state index is 13.1. The van der Waals surface area contributed by atoms with Crippen molar-refractivity contribution in [3.05, 3.63) is 35.1 Å². The molecular weight excluding hydrogens is 157 g/mol. The van der Waals surface area contributed by atoms with Crippen LogP contribution in [0.15, 0.2) is 18.2 Å². The Hall–Kier alpha value is -1.22. The van der Waals surface area contributed by atoms with Crippen LogP contribution in [0.3, 0.4) is 0 Å². The van der Waals surface area contributed by atoms with Gasteiger partial charge in [-0.2, -0.15) is 0 Å². The molecule has 1 aromatic carbocycles. The number of Topliss-reactive ketones (excluding diaryl/α,β-unsaturated/α-hetero) is 1. The average molecular weight is 165 g/mol. The summed E-state index contributed by atoms with van der Waals surface area (Å²) in [5.74, 6) is -0.562. The summed E-state index contributed by atoms with van der Waals surface area (Å²) in [5.41, 5.74) is 1.02. The number of carbonyl (C=O) groups is 1. The van der Waals surface area contributed by atoms with Crippen molar-refractivity contribution in [2.24, 2.45) is 0 Å². The summed E-state index contributed by atoms with van der Waals surface area (Å²) in [5, 5.41) is 2.90. The van der Waals surface area contributed by atoms with Crippen molar-refractivity contribution in [2.75, 3.05) is 6.54 Å². The summed E-state index contributed by atoms with van der Waals surface area (Å²) in [7, 11) is 0. The molecule has 0 aromatic heterocycles. The topological polar surface area (TPSA) is 29.1 Å². The van der Waals surface area contributed by atoms with Gasteiger partial charge in [-0.15, -0.1) is 0 Å². The van der Waals surface area contributed by atoms with E-state index < -0.39 is 5.82 Å². The molecule has 0 radical (unpaired) electrons. The third-order valence-electron chi connectivity index (χ3n) is 1.98. The fourth-order valence-corrected chi connectivity index (χ4v) is 1.43. The molecule has 1 aliphatic heterocycles. The van der Waals surface area contributed by atoms with Gasteiger partial charge < -0.3 is 5.32 Å². The molecule has 1 heterocycles. The van der Waals surface area contributed by atoms with Crippen LogP contribution in [0.2, 0.25) is 0 Å². The van der Waals surface area contributed by atoms with Crippen molar-refractivity contribution in [2.45, 2.75) is 6.54 Å². The van der Waals surface area contributed by atoms with Crippen LogP contribution < -0.4 is 5.32 Å². The molecule has 1 aliphatic rings. The fraction of sp³-hybridized carbons (Fsp3) is 0.222. The maximum Gasteiger partial charge on any atom is 0.179 e. The van der Waals surface area contributed by atoms with Gasteiger partial charge in [0.25, 0.3) is 0 Å². The molecule has 0 aliphatic carbocycles. The Morgan fingerprint density at radius 1 is 1.33 bits per heavy atom. The van der Waals surface area contributed by atoms with Gasteiger partial charge >= 0.3 is 0 Å². The van der Waals surface area contributed by atoms with E-state index in [9.17, 15) is 9.18 Å². The Kier molecular flexibility index (Phi) is 1.66. The smallest absolute Gasteiger partial charge is 0.179 e. The molecule has 2 nitrogen and oxygen atoms in total. The first-order chi connectivity index (χ1) is 5.79. The highest BCUT2D eigenvalue weighted by atomic mass is 19.1. The SMILES string of the molecule is O=C1CNCc2cccc(F)c21. The third-order valence-corrected chi connectivity index (χ3v) is 1.98. The van der Waals surface area contributed by atoms with Crippen LogP contribution >= 0.6 is 0 Å². The number of hydrogen-bond acceptors (Lipinski definition) is 2. The Balaban J connectivity index is 2.60. The van der Waals surface area contributed by atoms with Crippen molar-refractivity contribution >= 4 is 5.78 Å². The van der Waals surface area contributed by atoms with E-state index in [1.807, 2.05) is 0 Å². The molecule has 12 heavy (non-hydrogen) atoms. The first-order valence-electron chi connectivity index (χ1n) is 3.80. The van der Waals surface area contributed by atoms with Crippen LogP contribution in [0.25, 0.3) is 0 Å². The number of fused-ring (bicyclic) bond motifs is 1. The van der Waals surface area contributed by atoms with Crippen LogP contribution in [-0.2, 0) is 6.54 Å². The van der Waals surface area contributed by atoms with E-state index in [4.69, 9.17) is 0 Å². The van der Waals surface area contributed by atoms with Crippen molar-refractivity contribution in [3.63, 3.8) is 0 Å². The summed E-state index contributed by atoms with van der Waals surface area (Å²) in [6.07, 6.45) is 0. The average Bonchev–Trinajstić information content (AvgIpc) is 2.04. The summed E-state index contributed by atoms with van der Waals surface area (Å²) in [6.45, 7) is 0.826. The van der Waals surface area contributed by atoms with Crippen LogP contribution in [0, 0.1) is 5.82 Å². The molecule has 2 rings (SSSR count). The van der Waals surface area contributed by atoms with Gasteiger partial charge in [0, 0.05) is 6.54 Å². The first-order valence-corrected chi connectivity index (χ1v) is 3.80. The van der Waals surface area contributed by atoms with E-state index in [0.29, 0.717) is 6.54 Å². The lowest BCUT2D eigenvalue weighted by molar-refractivity contribution is 0.0978. The van der Waals surface area contributed by atoms with E-state index in [1.54, 1.807) is 12.1 Å². The summed E-state index contributed by atoms with van der Waals surface area (Å²) in [6, 6.07) is 4.71. The molecule has 0 fully saturated rings. The minimum atomic E-state index is -0.404. The normalized spacial score (nSPS) is 15.9. The number of hydrogen-bond donors (Lipinski definition) is 1. The molecule has 0 amide bonds. The van der Waals surface area contributed by atoms with Gasteiger partial charge in [0.15, 0.2) is 5.78 Å². The molecule has 1 N–H and O–H groups in total. The lowest BCUT2D eigenvalue weighted by atomic mass is 10.00. The minimum absolute atomic E-state index is 0.158. The number of carbonyl (C=O) groups excluding carboxylic acids is 1. The quantitative estimate of drug-likeness (QED) is 0.624. The zero-order valence-electron chi connectivity index (χ0n) is 6.43. The zero-order chi connectivity index (χ0) is 8.55. The molecule has 0 unspecified atom stereocenters.